The van der Waals surface area contributed by atoms with Crippen LogP contribution in [-0.4, -0.2) is 23.2 Å². The Labute approximate surface area is 107 Å². The number of nitrogens with two attached hydrogens (primary N) is 1. The fourth-order valence-corrected chi connectivity index (χ4v) is 2.34. The normalized spacial score (nSPS) is 17.7. The van der Waals surface area contributed by atoms with Crippen molar-refractivity contribution in [3.63, 3.8) is 0 Å². The lowest BCUT2D eigenvalue weighted by molar-refractivity contribution is 0.0449. The predicted molar refractivity (Wildman–Crippen MR) is 71.3 cm³/mol. The van der Waals surface area contributed by atoms with Crippen molar-refractivity contribution in [2.24, 2.45) is 0 Å². The van der Waals surface area contributed by atoms with Gasteiger partial charge in [0.05, 0.1) is 5.60 Å². The molecular weight excluding hydrogens is 228 g/mol. The summed E-state index contributed by atoms with van der Waals surface area (Å²) in [5, 5.41) is 12.9. The molecule has 4 nitrogen and oxygen atoms in total. The summed E-state index contributed by atoms with van der Waals surface area (Å²) in [5.74, 6) is -0.179. The Morgan fingerprint density at radius 3 is 2.72 bits per heavy atom. The van der Waals surface area contributed by atoms with Gasteiger partial charge >= 0.3 is 0 Å². The molecule has 0 aromatic heterocycles. The van der Waals surface area contributed by atoms with Crippen molar-refractivity contribution >= 4 is 11.6 Å². The largest absolute Gasteiger partial charge is 0.398 e. The zero-order valence-electron chi connectivity index (χ0n) is 10.7. The lowest BCUT2D eigenvalue weighted by Crippen LogP contribution is -2.40. The number of aliphatic hydroxyl groups is 1. The fourth-order valence-electron chi connectivity index (χ4n) is 2.34. The van der Waals surface area contributed by atoms with Gasteiger partial charge in [-0.05, 0) is 37.5 Å². The molecule has 4 N–H and O–H groups in total. The molecule has 1 amide bonds. The molecule has 4 heteroatoms. The van der Waals surface area contributed by atoms with Crippen LogP contribution in [0.3, 0.4) is 0 Å². The Morgan fingerprint density at radius 2 is 2.11 bits per heavy atom. The summed E-state index contributed by atoms with van der Waals surface area (Å²) in [7, 11) is 0. The number of benzene rings is 1. The number of hydrogen-bond acceptors (Lipinski definition) is 3. The van der Waals surface area contributed by atoms with Gasteiger partial charge in [0.1, 0.15) is 0 Å². The third kappa shape index (κ3) is 2.82. The Bertz CT molecular complexity index is 451. The van der Waals surface area contributed by atoms with Gasteiger partial charge in [0.15, 0.2) is 0 Å². The Hall–Kier alpha value is -1.55. The van der Waals surface area contributed by atoms with Crippen molar-refractivity contribution in [2.75, 3.05) is 12.3 Å². The number of rotatable bonds is 3. The quantitative estimate of drug-likeness (QED) is 0.711. The third-order valence-electron chi connectivity index (χ3n) is 3.65. The van der Waals surface area contributed by atoms with Crippen LogP contribution in [0.15, 0.2) is 18.2 Å². The van der Waals surface area contributed by atoms with Gasteiger partial charge in [0.25, 0.3) is 5.91 Å². The summed E-state index contributed by atoms with van der Waals surface area (Å²) in [4.78, 5) is 11.9. The van der Waals surface area contributed by atoms with Crippen molar-refractivity contribution in [2.45, 2.75) is 38.2 Å². The number of amides is 1. The van der Waals surface area contributed by atoms with E-state index in [9.17, 15) is 9.90 Å². The second-order valence-electron chi connectivity index (χ2n) is 5.19. The van der Waals surface area contributed by atoms with Crippen LogP contribution >= 0.6 is 0 Å². The molecule has 0 atom stereocenters. The predicted octanol–water partition coefficient (Wildman–Crippen LogP) is 1.61. The molecule has 1 aromatic rings. The van der Waals surface area contributed by atoms with Crippen molar-refractivity contribution in [3.8, 4) is 0 Å². The SMILES string of the molecule is Cc1ccc(C(=O)NCC2(O)CCCC2)cc1N. The second-order valence-corrected chi connectivity index (χ2v) is 5.19. The number of anilines is 1. The van der Waals surface area contributed by atoms with Crippen LogP contribution in [0.5, 0.6) is 0 Å². The first-order valence-corrected chi connectivity index (χ1v) is 6.37. The summed E-state index contributed by atoms with van der Waals surface area (Å²) in [6.07, 6.45) is 3.60. The molecule has 0 spiro atoms. The van der Waals surface area contributed by atoms with E-state index in [4.69, 9.17) is 5.73 Å². The number of nitrogens with one attached hydrogen (secondary N) is 1. The van der Waals surface area contributed by atoms with Crippen molar-refractivity contribution in [1.82, 2.24) is 5.32 Å². The van der Waals surface area contributed by atoms with E-state index in [1.807, 2.05) is 13.0 Å². The standard InChI is InChI=1S/C14H20N2O2/c1-10-4-5-11(8-12(10)15)13(17)16-9-14(18)6-2-3-7-14/h4-5,8,18H,2-3,6-7,9,15H2,1H3,(H,16,17). The highest BCUT2D eigenvalue weighted by Gasteiger charge is 2.31. The highest BCUT2D eigenvalue weighted by molar-refractivity contribution is 5.95. The van der Waals surface area contributed by atoms with Gasteiger partial charge in [0.2, 0.25) is 0 Å². The van der Waals surface area contributed by atoms with Crippen LogP contribution in [0.2, 0.25) is 0 Å². The smallest absolute Gasteiger partial charge is 0.251 e. The molecule has 1 aliphatic carbocycles. The van der Waals surface area contributed by atoms with Crippen LogP contribution in [-0.2, 0) is 0 Å². The molecule has 98 valence electrons. The summed E-state index contributed by atoms with van der Waals surface area (Å²) < 4.78 is 0. The van der Waals surface area contributed by atoms with Crippen LogP contribution in [0.4, 0.5) is 5.69 Å². The van der Waals surface area contributed by atoms with Gasteiger partial charge in [-0.25, -0.2) is 0 Å². The minimum Gasteiger partial charge on any atom is -0.398 e. The summed E-state index contributed by atoms with van der Waals surface area (Å²) in [6.45, 7) is 2.22. The van der Waals surface area contributed by atoms with Crippen molar-refractivity contribution in [3.05, 3.63) is 29.3 Å². The number of carbonyl (C=O) groups is 1. The number of carbonyl (C=O) groups excluding carboxylic acids is 1. The Kier molecular flexibility index (Phi) is 3.57. The number of hydrogen-bond donors (Lipinski definition) is 3. The van der Waals surface area contributed by atoms with Crippen LogP contribution < -0.4 is 11.1 Å². The minimum atomic E-state index is -0.716. The van der Waals surface area contributed by atoms with Gasteiger partial charge in [-0.3, -0.25) is 4.79 Å². The molecular formula is C14H20N2O2. The first-order chi connectivity index (χ1) is 8.50. The summed E-state index contributed by atoms with van der Waals surface area (Å²) >= 11 is 0. The molecule has 18 heavy (non-hydrogen) atoms. The molecule has 1 fully saturated rings. The fraction of sp³-hybridized carbons (Fsp3) is 0.500. The molecule has 0 heterocycles. The van der Waals surface area contributed by atoms with Gasteiger partial charge in [0, 0.05) is 17.8 Å². The summed E-state index contributed by atoms with van der Waals surface area (Å²) in [6, 6.07) is 5.25. The van der Waals surface area contributed by atoms with Crippen LogP contribution in [0.25, 0.3) is 0 Å². The first-order valence-electron chi connectivity index (χ1n) is 6.37. The average molecular weight is 248 g/mol. The maximum absolute atomic E-state index is 11.9. The van der Waals surface area contributed by atoms with Crippen LogP contribution in [0.1, 0.15) is 41.6 Å². The molecule has 0 radical (unpaired) electrons. The maximum atomic E-state index is 11.9. The zero-order valence-corrected chi connectivity index (χ0v) is 10.7. The van der Waals surface area contributed by atoms with Gasteiger partial charge in [-0.1, -0.05) is 18.9 Å². The molecule has 0 aliphatic heterocycles. The topological polar surface area (TPSA) is 75.3 Å². The van der Waals surface area contributed by atoms with Gasteiger partial charge < -0.3 is 16.2 Å². The average Bonchev–Trinajstić information content (AvgIpc) is 2.77. The molecule has 0 unspecified atom stereocenters. The van der Waals surface area contributed by atoms with Gasteiger partial charge in [-0.15, -0.1) is 0 Å². The summed E-state index contributed by atoms with van der Waals surface area (Å²) in [5.41, 5.74) is 7.17. The van der Waals surface area contributed by atoms with E-state index in [0.717, 1.165) is 31.2 Å². The monoisotopic (exact) mass is 248 g/mol. The molecule has 1 saturated carbocycles. The first kappa shape index (κ1) is 12.9. The molecule has 0 bridgehead atoms. The van der Waals surface area contributed by atoms with E-state index < -0.39 is 5.60 Å². The Morgan fingerprint density at radius 1 is 1.44 bits per heavy atom. The maximum Gasteiger partial charge on any atom is 0.251 e. The Balaban J connectivity index is 1.97. The number of aryl methyl sites for hydroxylation is 1. The molecule has 0 saturated heterocycles. The van der Waals surface area contributed by atoms with E-state index in [0.29, 0.717) is 17.8 Å². The highest BCUT2D eigenvalue weighted by Crippen LogP contribution is 2.28. The lowest BCUT2D eigenvalue weighted by Gasteiger charge is -2.22. The van der Waals surface area contributed by atoms with Crippen LogP contribution in [0, 0.1) is 6.92 Å². The lowest BCUT2D eigenvalue weighted by atomic mass is 10.0. The van der Waals surface area contributed by atoms with E-state index in [1.165, 1.54) is 0 Å². The van der Waals surface area contributed by atoms with Crippen molar-refractivity contribution in [1.29, 1.82) is 0 Å². The molecule has 1 aromatic carbocycles. The van der Waals surface area contributed by atoms with Crippen molar-refractivity contribution < 1.29 is 9.90 Å². The van der Waals surface area contributed by atoms with E-state index in [2.05, 4.69) is 5.32 Å². The molecule has 2 rings (SSSR count). The zero-order chi connectivity index (χ0) is 13.2. The number of nitrogen functional groups attached to an aromatic ring is 1. The van der Waals surface area contributed by atoms with E-state index in [1.54, 1.807) is 12.1 Å². The molecule has 1 aliphatic rings. The third-order valence-corrected chi connectivity index (χ3v) is 3.65. The minimum absolute atomic E-state index is 0.179. The highest BCUT2D eigenvalue weighted by atomic mass is 16.3. The van der Waals surface area contributed by atoms with E-state index in [-0.39, 0.29) is 5.91 Å². The second kappa shape index (κ2) is 4.98. The van der Waals surface area contributed by atoms with E-state index >= 15 is 0 Å². The van der Waals surface area contributed by atoms with Gasteiger partial charge in [-0.2, -0.15) is 0 Å².